The Morgan fingerprint density at radius 1 is 1.00 bits per heavy atom. The summed E-state index contributed by atoms with van der Waals surface area (Å²) in [5, 5.41) is 1.70. The Labute approximate surface area is 104 Å². The van der Waals surface area contributed by atoms with Gasteiger partial charge < -0.3 is 5.73 Å². The first-order valence-electron chi connectivity index (χ1n) is 5.25. The number of anilines is 1. The summed E-state index contributed by atoms with van der Waals surface area (Å²) >= 11 is 3.20. The predicted molar refractivity (Wildman–Crippen MR) is 73.2 cm³/mol. The van der Waals surface area contributed by atoms with Crippen molar-refractivity contribution in [3.63, 3.8) is 0 Å². The minimum absolute atomic E-state index is 0.628. The van der Waals surface area contributed by atoms with Crippen LogP contribution in [-0.4, -0.2) is 9.97 Å². The van der Waals surface area contributed by atoms with Crippen LogP contribution in [-0.2, 0) is 0 Å². The number of aromatic nitrogens is 2. The topological polar surface area (TPSA) is 51.8 Å². The lowest BCUT2D eigenvalue weighted by molar-refractivity contribution is 1.20. The van der Waals surface area contributed by atoms with Gasteiger partial charge >= 0.3 is 0 Å². The van der Waals surface area contributed by atoms with Crippen LogP contribution in [0.15, 0.2) is 0 Å². The minimum atomic E-state index is 0.628. The molecule has 0 atom stereocenters. The molecule has 5 heteroatoms. The predicted octanol–water partition coefficient (Wildman–Crippen LogP) is 3.80. The molecule has 0 unspecified atom stereocenters. The number of aryl methyl sites for hydroxylation is 3. The molecule has 0 spiro atoms. The summed E-state index contributed by atoms with van der Waals surface area (Å²) in [4.78, 5) is 11.0. The summed E-state index contributed by atoms with van der Waals surface area (Å²) < 4.78 is 0. The van der Waals surface area contributed by atoms with E-state index in [4.69, 9.17) is 5.73 Å². The Kier molecular flexibility index (Phi) is 4.44. The van der Waals surface area contributed by atoms with Gasteiger partial charge in [0, 0.05) is 4.88 Å². The fourth-order valence-electron chi connectivity index (χ4n) is 1.38. The maximum Gasteiger partial charge on any atom is 0.180 e. The molecule has 0 aliphatic heterocycles. The standard InChI is InChI=1S/C9H11N3S2.C2H6/c1-4-8(14-6(3)11-4)7-5(2)13-9(10)12-7;1-2/h1-3H3,(H2,10,12);1-2H3. The molecule has 2 aromatic rings. The number of hydrogen-bond donors (Lipinski definition) is 1. The number of nitrogen functional groups attached to an aromatic ring is 1. The molecular formula is C11H17N3S2. The summed E-state index contributed by atoms with van der Waals surface area (Å²) in [6.45, 7) is 10.1. The molecule has 0 saturated heterocycles. The second-order valence-electron chi connectivity index (χ2n) is 3.10. The molecule has 88 valence electrons. The highest BCUT2D eigenvalue weighted by atomic mass is 32.1. The maximum absolute atomic E-state index is 5.67. The van der Waals surface area contributed by atoms with Crippen molar-refractivity contribution < 1.29 is 0 Å². The third-order valence-electron chi connectivity index (χ3n) is 1.93. The summed E-state index contributed by atoms with van der Waals surface area (Å²) in [5.74, 6) is 0. The van der Waals surface area contributed by atoms with Crippen molar-refractivity contribution >= 4 is 27.8 Å². The van der Waals surface area contributed by atoms with Gasteiger partial charge in [-0.1, -0.05) is 13.8 Å². The van der Waals surface area contributed by atoms with E-state index in [1.807, 2.05) is 34.6 Å². The quantitative estimate of drug-likeness (QED) is 0.843. The zero-order chi connectivity index (χ0) is 12.3. The smallest absolute Gasteiger partial charge is 0.180 e. The third kappa shape index (κ3) is 2.59. The van der Waals surface area contributed by atoms with Gasteiger partial charge in [0.25, 0.3) is 0 Å². The van der Waals surface area contributed by atoms with Gasteiger partial charge in [-0.25, -0.2) is 9.97 Å². The first-order chi connectivity index (χ1) is 7.58. The molecule has 0 radical (unpaired) electrons. The van der Waals surface area contributed by atoms with E-state index < -0.39 is 0 Å². The molecule has 2 aromatic heterocycles. The second kappa shape index (κ2) is 5.41. The number of nitrogens with two attached hydrogens (primary N) is 1. The van der Waals surface area contributed by atoms with E-state index in [0.717, 1.165) is 26.1 Å². The molecule has 0 aliphatic rings. The maximum atomic E-state index is 5.67. The minimum Gasteiger partial charge on any atom is -0.375 e. The van der Waals surface area contributed by atoms with Crippen LogP contribution in [0.4, 0.5) is 5.13 Å². The monoisotopic (exact) mass is 255 g/mol. The fraction of sp³-hybridized carbons (Fsp3) is 0.455. The zero-order valence-corrected chi connectivity index (χ0v) is 11.9. The number of thiazole rings is 2. The van der Waals surface area contributed by atoms with Gasteiger partial charge in [0.05, 0.1) is 21.3 Å². The molecule has 2 rings (SSSR count). The Morgan fingerprint density at radius 3 is 2.00 bits per heavy atom. The van der Waals surface area contributed by atoms with E-state index in [2.05, 4.69) is 9.97 Å². The first kappa shape index (κ1) is 13.1. The van der Waals surface area contributed by atoms with E-state index in [0.29, 0.717) is 5.13 Å². The van der Waals surface area contributed by atoms with Crippen molar-refractivity contribution in [1.29, 1.82) is 0 Å². The summed E-state index contributed by atoms with van der Waals surface area (Å²) in [6, 6.07) is 0. The first-order valence-corrected chi connectivity index (χ1v) is 6.88. The Bertz CT molecular complexity index is 427. The van der Waals surface area contributed by atoms with Crippen molar-refractivity contribution in [3.05, 3.63) is 15.6 Å². The zero-order valence-electron chi connectivity index (χ0n) is 10.3. The van der Waals surface area contributed by atoms with E-state index >= 15 is 0 Å². The van der Waals surface area contributed by atoms with Gasteiger partial charge in [-0.15, -0.1) is 22.7 Å². The van der Waals surface area contributed by atoms with Gasteiger partial charge in [0.2, 0.25) is 0 Å². The van der Waals surface area contributed by atoms with Crippen molar-refractivity contribution in [2.45, 2.75) is 34.6 Å². The summed E-state index contributed by atoms with van der Waals surface area (Å²) in [5.41, 5.74) is 7.70. The molecule has 0 fully saturated rings. The van der Waals surface area contributed by atoms with Crippen molar-refractivity contribution in [3.8, 4) is 10.6 Å². The average Bonchev–Trinajstić information content (AvgIpc) is 2.72. The molecule has 0 saturated carbocycles. The van der Waals surface area contributed by atoms with Crippen molar-refractivity contribution in [2.24, 2.45) is 0 Å². The normalized spacial score (nSPS) is 9.81. The van der Waals surface area contributed by atoms with Crippen LogP contribution < -0.4 is 5.73 Å². The van der Waals surface area contributed by atoms with Gasteiger partial charge in [0.1, 0.15) is 0 Å². The van der Waals surface area contributed by atoms with Gasteiger partial charge in [0.15, 0.2) is 5.13 Å². The van der Waals surface area contributed by atoms with Crippen LogP contribution in [0, 0.1) is 20.8 Å². The molecule has 0 aliphatic carbocycles. The van der Waals surface area contributed by atoms with Gasteiger partial charge in [-0.3, -0.25) is 0 Å². The largest absolute Gasteiger partial charge is 0.375 e. The van der Waals surface area contributed by atoms with E-state index in [1.165, 1.54) is 11.3 Å². The van der Waals surface area contributed by atoms with E-state index in [9.17, 15) is 0 Å². The average molecular weight is 255 g/mol. The van der Waals surface area contributed by atoms with Crippen LogP contribution in [0.2, 0.25) is 0 Å². The van der Waals surface area contributed by atoms with Crippen molar-refractivity contribution in [1.82, 2.24) is 9.97 Å². The van der Waals surface area contributed by atoms with Crippen LogP contribution >= 0.6 is 22.7 Å². The Hall–Kier alpha value is -0.940. The lowest BCUT2D eigenvalue weighted by Crippen LogP contribution is -1.83. The highest BCUT2D eigenvalue weighted by molar-refractivity contribution is 7.17. The molecule has 0 aromatic carbocycles. The van der Waals surface area contributed by atoms with Gasteiger partial charge in [-0.2, -0.15) is 0 Å². The van der Waals surface area contributed by atoms with E-state index in [1.54, 1.807) is 11.3 Å². The van der Waals surface area contributed by atoms with Crippen LogP contribution in [0.3, 0.4) is 0 Å². The molecule has 0 bridgehead atoms. The molecule has 16 heavy (non-hydrogen) atoms. The van der Waals surface area contributed by atoms with Crippen molar-refractivity contribution in [2.75, 3.05) is 5.73 Å². The Balaban J connectivity index is 0.000000606. The van der Waals surface area contributed by atoms with Crippen LogP contribution in [0.25, 0.3) is 10.6 Å². The lowest BCUT2D eigenvalue weighted by Gasteiger charge is -1.93. The molecule has 0 amide bonds. The van der Waals surface area contributed by atoms with Crippen LogP contribution in [0.5, 0.6) is 0 Å². The highest BCUT2D eigenvalue weighted by Crippen LogP contribution is 2.34. The Morgan fingerprint density at radius 2 is 1.62 bits per heavy atom. The highest BCUT2D eigenvalue weighted by Gasteiger charge is 2.13. The molecule has 2 heterocycles. The summed E-state index contributed by atoms with van der Waals surface area (Å²) in [7, 11) is 0. The second-order valence-corrected chi connectivity index (χ2v) is 5.54. The van der Waals surface area contributed by atoms with E-state index in [-0.39, 0.29) is 0 Å². The SMILES string of the molecule is CC.Cc1nc(C)c(-c2nc(N)sc2C)s1. The number of hydrogen-bond acceptors (Lipinski definition) is 5. The van der Waals surface area contributed by atoms with Crippen LogP contribution in [0.1, 0.15) is 29.4 Å². The molecular weight excluding hydrogens is 238 g/mol. The fourth-order valence-corrected chi connectivity index (χ4v) is 3.10. The van der Waals surface area contributed by atoms with Gasteiger partial charge in [-0.05, 0) is 20.8 Å². The number of rotatable bonds is 1. The lowest BCUT2D eigenvalue weighted by atomic mass is 10.3. The summed E-state index contributed by atoms with van der Waals surface area (Å²) in [6.07, 6.45) is 0. The molecule has 2 N–H and O–H groups in total. The third-order valence-corrected chi connectivity index (χ3v) is 3.81. The number of nitrogens with zero attached hydrogens (tertiary/aromatic N) is 2. The molecule has 3 nitrogen and oxygen atoms in total.